The molecule has 1 aliphatic rings. The number of urea groups is 1. The van der Waals surface area contributed by atoms with Crippen LogP contribution in [0.3, 0.4) is 0 Å². The highest BCUT2D eigenvalue weighted by Crippen LogP contribution is 2.30. The van der Waals surface area contributed by atoms with E-state index in [9.17, 15) is 14.0 Å². The monoisotopic (exact) mass is 453 g/mol. The van der Waals surface area contributed by atoms with Gasteiger partial charge in [-0.05, 0) is 74.2 Å². The first-order valence-electron chi connectivity index (χ1n) is 10.4. The fourth-order valence-corrected chi connectivity index (χ4v) is 4.47. The number of nitrogens with zero attached hydrogens (tertiary/aromatic N) is 3. The molecule has 0 bridgehead atoms. The predicted molar refractivity (Wildman–Crippen MR) is 123 cm³/mol. The lowest BCUT2D eigenvalue weighted by Gasteiger charge is -2.31. The zero-order valence-corrected chi connectivity index (χ0v) is 18.7. The number of piperidine rings is 1. The normalized spacial score (nSPS) is 14.3. The van der Waals surface area contributed by atoms with Crippen LogP contribution in [0.5, 0.6) is 0 Å². The van der Waals surface area contributed by atoms with Crippen molar-refractivity contribution in [1.29, 1.82) is 0 Å². The molecule has 2 aromatic carbocycles. The summed E-state index contributed by atoms with van der Waals surface area (Å²) < 4.78 is 13.0. The number of aryl methyl sites for hydroxylation is 2. The Morgan fingerprint density at radius 1 is 0.969 bits per heavy atom. The van der Waals surface area contributed by atoms with Gasteiger partial charge in [0.2, 0.25) is 5.01 Å². The summed E-state index contributed by atoms with van der Waals surface area (Å²) in [4.78, 5) is 26.8. The average Bonchev–Trinajstić information content (AvgIpc) is 3.28. The summed E-state index contributed by atoms with van der Waals surface area (Å²) >= 11 is 1.26. The minimum atomic E-state index is -0.370. The number of amides is 3. The van der Waals surface area contributed by atoms with Crippen molar-refractivity contribution in [3.8, 4) is 0 Å². The molecule has 7 nitrogen and oxygen atoms in total. The van der Waals surface area contributed by atoms with E-state index in [1.807, 2.05) is 32.0 Å². The lowest BCUT2D eigenvalue weighted by Crippen LogP contribution is -2.40. The van der Waals surface area contributed by atoms with E-state index in [-0.39, 0.29) is 28.7 Å². The summed E-state index contributed by atoms with van der Waals surface area (Å²) in [5.41, 5.74) is 3.61. The van der Waals surface area contributed by atoms with Gasteiger partial charge in [0.15, 0.2) is 0 Å². The maximum absolute atomic E-state index is 13.0. The second-order valence-electron chi connectivity index (χ2n) is 7.90. The van der Waals surface area contributed by atoms with Crippen molar-refractivity contribution in [1.82, 2.24) is 15.1 Å². The van der Waals surface area contributed by atoms with Gasteiger partial charge in [-0.2, -0.15) is 0 Å². The maximum Gasteiger partial charge on any atom is 0.321 e. The van der Waals surface area contributed by atoms with Gasteiger partial charge < -0.3 is 15.5 Å². The van der Waals surface area contributed by atoms with Gasteiger partial charge in [0.25, 0.3) is 5.91 Å². The molecule has 0 unspecified atom stereocenters. The Morgan fingerprint density at radius 3 is 2.34 bits per heavy atom. The van der Waals surface area contributed by atoms with Crippen LogP contribution < -0.4 is 10.6 Å². The first-order chi connectivity index (χ1) is 15.4. The van der Waals surface area contributed by atoms with Crippen LogP contribution in [0.15, 0.2) is 42.5 Å². The van der Waals surface area contributed by atoms with Crippen LogP contribution in [0, 0.1) is 19.7 Å². The molecule has 1 aromatic heterocycles. The highest BCUT2D eigenvalue weighted by atomic mass is 32.1. The highest BCUT2D eigenvalue weighted by Gasteiger charge is 2.27. The van der Waals surface area contributed by atoms with Crippen LogP contribution in [0.2, 0.25) is 0 Å². The van der Waals surface area contributed by atoms with E-state index in [1.54, 1.807) is 4.90 Å². The molecular weight excluding hydrogens is 429 g/mol. The third-order valence-corrected chi connectivity index (χ3v) is 6.71. The molecule has 0 spiro atoms. The number of hydrogen-bond acceptors (Lipinski definition) is 5. The van der Waals surface area contributed by atoms with Crippen LogP contribution in [0.1, 0.15) is 44.7 Å². The molecule has 0 saturated carbocycles. The van der Waals surface area contributed by atoms with Crippen LogP contribution in [-0.2, 0) is 0 Å². The number of likely N-dealkylation sites (tertiary alicyclic amines) is 1. The van der Waals surface area contributed by atoms with E-state index in [0.717, 1.165) is 29.1 Å². The fraction of sp³-hybridized carbons (Fsp3) is 0.304. The smallest absolute Gasteiger partial charge is 0.321 e. The molecular formula is C23H24FN5O2S. The van der Waals surface area contributed by atoms with Crippen molar-refractivity contribution in [2.24, 2.45) is 0 Å². The number of benzene rings is 2. The predicted octanol–water partition coefficient (Wildman–Crippen LogP) is 4.96. The molecule has 1 saturated heterocycles. The number of halogens is 1. The maximum atomic E-state index is 13.0. The van der Waals surface area contributed by atoms with E-state index in [0.29, 0.717) is 18.8 Å². The summed E-state index contributed by atoms with van der Waals surface area (Å²) in [6.07, 6.45) is 1.52. The first kappa shape index (κ1) is 21.9. The second kappa shape index (κ2) is 9.44. The number of rotatable bonds is 4. The zero-order chi connectivity index (χ0) is 22.7. The van der Waals surface area contributed by atoms with Gasteiger partial charge in [0.1, 0.15) is 10.8 Å². The second-order valence-corrected chi connectivity index (χ2v) is 8.91. The van der Waals surface area contributed by atoms with E-state index >= 15 is 0 Å². The molecule has 1 fully saturated rings. The van der Waals surface area contributed by atoms with Crippen molar-refractivity contribution in [3.05, 3.63) is 69.4 Å². The van der Waals surface area contributed by atoms with Crippen LogP contribution >= 0.6 is 11.3 Å². The summed E-state index contributed by atoms with van der Waals surface area (Å²) in [6.45, 7) is 5.28. The number of aromatic nitrogens is 2. The summed E-state index contributed by atoms with van der Waals surface area (Å²) in [6, 6.07) is 11.3. The number of hydrogen-bond donors (Lipinski definition) is 2. The van der Waals surface area contributed by atoms with Crippen LogP contribution in [-0.4, -0.2) is 40.1 Å². The van der Waals surface area contributed by atoms with Gasteiger partial charge in [-0.25, -0.2) is 9.18 Å². The first-order valence-corrected chi connectivity index (χ1v) is 11.2. The van der Waals surface area contributed by atoms with Gasteiger partial charge in [-0.15, -0.1) is 10.2 Å². The molecule has 0 atom stereocenters. The number of nitrogens with one attached hydrogen (secondary N) is 2. The van der Waals surface area contributed by atoms with Gasteiger partial charge in [0, 0.05) is 30.4 Å². The van der Waals surface area contributed by atoms with Crippen molar-refractivity contribution in [2.75, 3.05) is 23.7 Å². The molecule has 2 heterocycles. The van der Waals surface area contributed by atoms with Gasteiger partial charge >= 0.3 is 6.03 Å². The molecule has 0 aliphatic carbocycles. The molecule has 32 heavy (non-hydrogen) atoms. The Bertz CT molecular complexity index is 1120. The Morgan fingerprint density at radius 2 is 1.66 bits per heavy atom. The fourth-order valence-electron chi connectivity index (χ4n) is 3.56. The van der Waals surface area contributed by atoms with Crippen LogP contribution in [0.25, 0.3) is 0 Å². The summed E-state index contributed by atoms with van der Waals surface area (Å²) in [5.74, 6) is -0.577. The minimum absolute atomic E-state index is 0.108. The number of carbonyl (C=O) groups excluding carboxylic acids is 2. The third-order valence-electron chi connectivity index (χ3n) is 5.63. The van der Waals surface area contributed by atoms with E-state index in [1.165, 1.54) is 41.2 Å². The highest BCUT2D eigenvalue weighted by molar-refractivity contribution is 7.13. The molecule has 4 rings (SSSR count). The molecule has 3 amide bonds. The van der Waals surface area contributed by atoms with Crippen molar-refractivity contribution in [3.63, 3.8) is 0 Å². The lowest BCUT2D eigenvalue weighted by molar-refractivity contribution is 0.102. The molecule has 166 valence electrons. The van der Waals surface area contributed by atoms with Gasteiger partial charge in [0.05, 0.1) is 0 Å². The summed E-state index contributed by atoms with van der Waals surface area (Å²) in [7, 11) is 0. The van der Waals surface area contributed by atoms with E-state index in [2.05, 4.69) is 20.8 Å². The number of carbonyl (C=O) groups is 2. The molecule has 2 N–H and O–H groups in total. The van der Waals surface area contributed by atoms with Gasteiger partial charge in [-0.1, -0.05) is 17.4 Å². The number of anilines is 2. The third kappa shape index (κ3) is 5.11. The Kier molecular flexibility index (Phi) is 6.45. The molecule has 3 aromatic rings. The average molecular weight is 454 g/mol. The SMILES string of the molecule is Cc1ccc(NC(=O)N2CCC(c3nnc(C(=O)Nc4ccc(F)cc4)s3)CC2)cc1C. The van der Waals surface area contributed by atoms with Gasteiger partial charge in [-0.3, -0.25) is 4.79 Å². The quantitative estimate of drug-likeness (QED) is 0.585. The largest absolute Gasteiger partial charge is 0.324 e. The topological polar surface area (TPSA) is 87.2 Å². The summed E-state index contributed by atoms with van der Waals surface area (Å²) in [5, 5.41) is 14.9. The molecule has 1 aliphatic heterocycles. The van der Waals surface area contributed by atoms with E-state index in [4.69, 9.17) is 0 Å². The molecule has 0 radical (unpaired) electrons. The Balaban J connectivity index is 1.31. The Hall–Kier alpha value is -3.33. The van der Waals surface area contributed by atoms with E-state index < -0.39 is 0 Å². The molecule has 9 heteroatoms. The van der Waals surface area contributed by atoms with Crippen molar-refractivity contribution < 1.29 is 14.0 Å². The zero-order valence-electron chi connectivity index (χ0n) is 17.9. The Labute approximate surface area is 189 Å². The van der Waals surface area contributed by atoms with Crippen molar-refractivity contribution >= 4 is 34.6 Å². The standard InChI is InChI=1S/C23H24FN5O2S/c1-14-3-6-19(13-15(14)2)26-23(31)29-11-9-16(10-12-29)21-27-28-22(32-21)20(30)25-18-7-4-17(24)5-8-18/h3-8,13,16H,9-12H2,1-2H3,(H,25,30)(H,26,31). The van der Waals surface area contributed by atoms with Crippen molar-refractivity contribution in [2.45, 2.75) is 32.6 Å². The lowest BCUT2D eigenvalue weighted by atomic mass is 9.98. The minimum Gasteiger partial charge on any atom is -0.324 e. The van der Waals surface area contributed by atoms with Crippen LogP contribution in [0.4, 0.5) is 20.6 Å².